The molecule has 2 heterocycles. The van der Waals surface area contributed by atoms with Crippen molar-refractivity contribution in [3.8, 4) is 0 Å². The van der Waals surface area contributed by atoms with Gasteiger partial charge in [0.25, 0.3) is 5.91 Å². The van der Waals surface area contributed by atoms with E-state index >= 15 is 0 Å². The molecule has 0 saturated carbocycles. The summed E-state index contributed by atoms with van der Waals surface area (Å²) in [4.78, 5) is 41.7. The van der Waals surface area contributed by atoms with Crippen molar-refractivity contribution in [2.75, 3.05) is 18.4 Å². The first-order chi connectivity index (χ1) is 15.0. The zero-order chi connectivity index (χ0) is 22.0. The van der Waals surface area contributed by atoms with E-state index in [1.54, 1.807) is 11.2 Å². The van der Waals surface area contributed by atoms with Crippen LogP contribution in [-0.2, 0) is 16.1 Å². The van der Waals surface area contributed by atoms with Gasteiger partial charge in [-0.25, -0.2) is 10.2 Å². The molecule has 4 amide bonds. The molecular formula is C23H25N5O3. The van der Waals surface area contributed by atoms with Crippen LogP contribution in [0.25, 0.3) is 0 Å². The number of rotatable bonds is 6. The second kappa shape index (κ2) is 8.61. The van der Waals surface area contributed by atoms with Crippen LogP contribution in [0.5, 0.6) is 0 Å². The van der Waals surface area contributed by atoms with Gasteiger partial charge in [0.2, 0.25) is 5.91 Å². The molecule has 31 heavy (non-hydrogen) atoms. The second-order valence-corrected chi connectivity index (χ2v) is 7.59. The van der Waals surface area contributed by atoms with Crippen molar-refractivity contribution in [2.24, 2.45) is 0 Å². The quantitative estimate of drug-likeness (QED) is 0.751. The van der Waals surface area contributed by atoms with Gasteiger partial charge in [-0.1, -0.05) is 48.0 Å². The third kappa shape index (κ3) is 4.29. The monoisotopic (exact) mass is 419 g/mol. The largest absolute Gasteiger partial charge is 0.331 e. The van der Waals surface area contributed by atoms with E-state index in [0.29, 0.717) is 17.9 Å². The summed E-state index contributed by atoms with van der Waals surface area (Å²) in [5.41, 5.74) is 6.18. The average molecular weight is 419 g/mol. The highest BCUT2D eigenvalue weighted by atomic mass is 16.2. The Labute approximate surface area is 181 Å². The van der Waals surface area contributed by atoms with Crippen LogP contribution >= 0.6 is 0 Å². The average Bonchev–Trinajstić information content (AvgIpc) is 3.21. The summed E-state index contributed by atoms with van der Waals surface area (Å²) in [6.45, 7) is 4.47. The summed E-state index contributed by atoms with van der Waals surface area (Å²) in [6, 6.07) is 15.6. The maximum Gasteiger partial charge on any atom is 0.331 e. The molecular weight excluding hydrogens is 394 g/mol. The van der Waals surface area contributed by atoms with E-state index in [0.717, 1.165) is 11.1 Å². The van der Waals surface area contributed by atoms with Gasteiger partial charge in [-0.2, -0.15) is 0 Å². The number of imide groups is 1. The van der Waals surface area contributed by atoms with Crippen molar-refractivity contribution in [2.45, 2.75) is 26.4 Å². The molecule has 8 heteroatoms. The van der Waals surface area contributed by atoms with Crippen LogP contribution in [0.2, 0.25) is 0 Å². The van der Waals surface area contributed by atoms with E-state index < -0.39 is 12.1 Å². The lowest BCUT2D eigenvalue weighted by molar-refractivity contribution is -0.133. The van der Waals surface area contributed by atoms with Gasteiger partial charge < -0.3 is 10.3 Å². The standard InChI is InChI=1S/C23H25N5O3/c1-3-26-14-19-21(25-26)22(30)28(13-17-7-5-4-6-8-17)23(31)27(19)15-20(29)24-18-11-9-16(2)10-12-18/h4-12,14,21,25H,3,13,15H2,1-2H3,(H,24,29). The molecule has 1 atom stereocenters. The van der Waals surface area contributed by atoms with Crippen LogP contribution in [0, 0.1) is 6.92 Å². The van der Waals surface area contributed by atoms with Crippen molar-refractivity contribution in [3.63, 3.8) is 0 Å². The molecule has 1 unspecified atom stereocenters. The van der Waals surface area contributed by atoms with Crippen molar-refractivity contribution in [3.05, 3.63) is 77.6 Å². The Kier molecular flexibility index (Phi) is 5.73. The van der Waals surface area contributed by atoms with E-state index in [4.69, 9.17) is 0 Å². The molecule has 2 aliphatic heterocycles. The summed E-state index contributed by atoms with van der Waals surface area (Å²) in [6.07, 6.45) is 1.72. The number of anilines is 1. The molecule has 160 valence electrons. The van der Waals surface area contributed by atoms with Gasteiger partial charge in [-0.15, -0.1) is 0 Å². The van der Waals surface area contributed by atoms with E-state index in [1.807, 2.05) is 68.4 Å². The fourth-order valence-corrected chi connectivity index (χ4v) is 3.65. The Balaban J connectivity index is 1.57. The molecule has 0 spiro atoms. The maximum absolute atomic E-state index is 13.3. The molecule has 2 aromatic carbocycles. The number of benzene rings is 2. The molecule has 0 aliphatic carbocycles. The van der Waals surface area contributed by atoms with Crippen molar-refractivity contribution >= 4 is 23.5 Å². The zero-order valence-electron chi connectivity index (χ0n) is 17.5. The lowest BCUT2D eigenvalue weighted by Gasteiger charge is -2.37. The number of nitrogens with zero attached hydrogens (tertiary/aromatic N) is 3. The predicted octanol–water partition coefficient (Wildman–Crippen LogP) is 2.45. The second-order valence-electron chi connectivity index (χ2n) is 7.59. The highest BCUT2D eigenvalue weighted by Crippen LogP contribution is 2.27. The molecule has 0 radical (unpaired) electrons. The fourth-order valence-electron chi connectivity index (χ4n) is 3.65. The van der Waals surface area contributed by atoms with Crippen LogP contribution in [0.1, 0.15) is 18.1 Å². The number of nitrogens with one attached hydrogen (secondary N) is 2. The van der Waals surface area contributed by atoms with Gasteiger partial charge in [0.15, 0.2) is 0 Å². The predicted molar refractivity (Wildman–Crippen MR) is 116 cm³/mol. The summed E-state index contributed by atoms with van der Waals surface area (Å²) < 4.78 is 0. The molecule has 0 bridgehead atoms. The van der Waals surface area contributed by atoms with Crippen LogP contribution in [0.15, 0.2) is 66.5 Å². The first-order valence-electron chi connectivity index (χ1n) is 10.2. The van der Waals surface area contributed by atoms with Gasteiger partial charge >= 0.3 is 6.03 Å². The topological polar surface area (TPSA) is 85.0 Å². The molecule has 8 nitrogen and oxygen atoms in total. The van der Waals surface area contributed by atoms with Crippen LogP contribution < -0.4 is 10.7 Å². The number of carbonyl (C=O) groups excluding carboxylic acids is 3. The van der Waals surface area contributed by atoms with Gasteiger partial charge in [0.1, 0.15) is 12.6 Å². The summed E-state index contributed by atoms with van der Waals surface area (Å²) in [7, 11) is 0. The number of amides is 4. The number of urea groups is 1. The molecule has 2 aromatic rings. The number of aryl methyl sites for hydroxylation is 1. The van der Waals surface area contributed by atoms with E-state index in [-0.39, 0.29) is 24.9 Å². The molecule has 4 rings (SSSR count). The first-order valence-corrected chi connectivity index (χ1v) is 10.2. The maximum atomic E-state index is 13.3. The minimum Gasteiger partial charge on any atom is -0.325 e. The Hall–Kier alpha value is -3.65. The minimum atomic E-state index is -0.700. The van der Waals surface area contributed by atoms with Crippen molar-refractivity contribution in [1.82, 2.24) is 20.2 Å². The van der Waals surface area contributed by atoms with Gasteiger partial charge in [0, 0.05) is 18.4 Å². The Bertz CT molecular complexity index is 1020. The summed E-state index contributed by atoms with van der Waals surface area (Å²) in [5.74, 6) is -0.660. The van der Waals surface area contributed by atoms with Gasteiger partial charge in [-0.05, 0) is 31.5 Å². The van der Waals surface area contributed by atoms with Crippen LogP contribution in [-0.4, -0.2) is 51.8 Å². The number of carbonyl (C=O) groups is 3. The Morgan fingerprint density at radius 2 is 1.74 bits per heavy atom. The van der Waals surface area contributed by atoms with Crippen LogP contribution in [0.3, 0.4) is 0 Å². The third-order valence-corrected chi connectivity index (χ3v) is 5.33. The lowest BCUT2D eigenvalue weighted by atomic mass is 10.1. The molecule has 0 aromatic heterocycles. The molecule has 1 fully saturated rings. The number of hydrogen-bond acceptors (Lipinski definition) is 5. The number of hydrogen-bond donors (Lipinski definition) is 2. The lowest BCUT2D eigenvalue weighted by Crippen LogP contribution is -2.61. The number of fused-ring (bicyclic) bond motifs is 1. The van der Waals surface area contributed by atoms with E-state index in [9.17, 15) is 14.4 Å². The third-order valence-electron chi connectivity index (χ3n) is 5.33. The Morgan fingerprint density at radius 3 is 2.42 bits per heavy atom. The molecule has 2 N–H and O–H groups in total. The minimum absolute atomic E-state index is 0.145. The van der Waals surface area contributed by atoms with Gasteiger partial charge in [-0.3, -0.25) is 19.4 Å². The molecule has 2 aliphatic rings. The van der Waals surface area contributed by atoms with Crippen LogP contribution in [0.4, 0.5) is 10.5 Å². The highest BCUT2D eigenvalue weighted by Gasteiger charge is 2.46. The van der Waals surface area contributed by atoms with E-state index in [2.05, 4.69) is 10.7 Å². The number of hydrazine groups is 1. The smallest absolute Gasteiger partial charge is 0.325 e. The molecule has 1 saturated heterocycles. The highest BCUT2D eigenvalue weighted by molar-refractivity contribution is 6.05. The fraction of sp³-hybridized carbons (Fsp3) is 0.261. The van der Waals surface area contributed by atoms with Crippen molar-refractivity contribution < 1.29 is 14.4 Å². The van der Waals surface area contributed by atoms with E-state index in [1.165, 1.54) is 9.80 Å². The normalized spacial score (nSPS) is 18.2. The first kappa shape index (κ1) is 20.6. The zero-order valence-corrected chi connectivity index (χ0v) is 17.5. The summed E-state index contributed by atoms with van der Waals surface area (Å²) >= 11 is 0. The summed E-state index contributed by atoms with van der Waals surface area (Å²) in [5, 5.41) is 4.57. The van der Waals surface area contributed by atoms with Gasteiger partial charge in [0.05, 0.1) is 12.2 Å². The SMILES string of the molecule is CCN1C=C2C(N1)C(=O)N(Cc1ccccc1)C(=O)N2CC(=O)Nc1ccc(C)cc1. The van der Waals surface area contributed by atoms with Crippen molar-refractivity contribution in [1.29, 1.82) is 0 Å². The Morgan fingerprint density at radius 1 is 1.03 bits per heavy atom.